The molecule has 31 heavy (non-hydrogen) atoms. The van der Waals surface area contributed by atoms with E-state index < -0.39 is 6.10 Å². The minimum absolute atomic E-state index is 0.0878. The van der Waals surface area contributed by atoms with Gasteiger partial charge in [0.05, 0.1) is 16.4 Å². The number of nitrogens with zero attached hydrogens (tertiary/aromatic N) is 2. The van der Waals surface area contributed by atoms with Crippen molar-refractivity contribution >= 4 is 34.5 Å². The molecule has 6 nitrogen and oxygen atoms in total. The van der Waals surface area contributed by atoms with E-state index >= 15 is 0 Å². The predicted octanol–water partition coefficient (Wildman–Crippen LogP) is 4.82. The van der Waals surface area contributed by atoms with E-state index in [-0.39, 0.29) is 18.4 Å². The molecular weight excluding hydrogens is 410 g/mol. The summed E-state index contributed by atoms with van der Waals surface area (Å²) in [6, 6.07) is 13.2. The maximum atomic E-state index is 12.9. The van der Waals surface area contributed by atoms with E-state index in [0.717, 1.165) is 40.4 Å². The van der Waals surface area contributed by atoms with Gasteiger partial charge in [-0.05, 0) is 56.5 Å². The lowest BCUT2D eigenvalue weighted by molar-refractivity contribution is -0.127. The number of fused-ring (bicyclic) bond motifs is 1. The molecule has 1 aliphatic heterocycles. The van der Waals surface area contributed by atoms with Crippen molar-refractivity contribution in [3.8, 4) is 17.0 Å². The van der Waals surface area contributed by atoms with E-state index in [1.54, 1.807) is 18.3 Å². The first-order chi connectivity index (χ1) is 15.0. The van der Waals surface area contributed by atoms with Gasteiger partial charge in [-0.2, -0.15) is 0 Å². The van der Waals surface area contributed by atoms with Crippen LogP contribution in [0.3, 0.4) is 0 Å². The summed E-state index contributed by atoms with van der Waals surface area (Å²) < 4.78 is 5.79. The number of aromatic nitrogens is 1. The van der Waals surface area contributed by atoms with Crippen molar-refractivity contribution in [1.82, 2.24) is 4.98 Å². The SMILES string of the molecule is CCCc1nc(-c2ccc3c(c2)N(CC(=O)Nc2ccccc2C)C(=O)C(C)O3)cs1. The molecule has 1 aliphatic rings. The van der Waals surface area contributed by atoms with Crippen LogP contribution in [-0.4, -0.2) is 29.4 Å². The molecule has 0 bridgehead atoms. The number of carbonyl (C=O) groups is 2. The number of hydrogen-bond acceptors (Lipinski definition) is 5. The number of aryl methyl sites for hydroxylation is 2. The maximum absolute atomic E-state index is 12.9. The summed E-state index contributed by atoms with van der Waals surface area (Å²) in [4.78, 5) is 31.9. The molecule has 3 aromatic rings. The fraction of sp³-hybridized carbons (Fsp3) is 0.292. The number of para-hydroxylation sites is 1. The first-order valence-corrected chi connectivity index (χ1v) is 11.3. The van der Waals surface area contributed by atoms with Gasteiger partial charge in [-0.25, -0.2) is 4.98 Å². The number of carbonyl (C=O) groups excluding carboxylic acids is 2. The van der Waals surface area contributed by atoms with E-state index in [0.29, 0.717) is 11.4 Å². The van der Waals surface area contributed by atoms with Gasteiger partial charge in [0.1, 0.15) is 12.3 Å². The molecule has 1 unspecified atom stereocenters. The monoisotopic (exact) mass is 435 g/mol. The highest BCUT2D eigenvalue weighted by atomic mass is 32.1. The summed E-state index contributed by atoms with van der Waals surface area (Å²) in [7, 11) is 0. The number of thiazole rings is 1. The molecule has 0 radical (unpaired) electrons. The molecule has 2 amide bonds. The molecule has 2 aromatic carbocycles. The Kier molecular flexibility index (Phi) is 6.04. The molecule has 0 fully saturated rings. The first-order valence-electron chi connectivity index (χ1n) is 10.4. The topological polar surface area (TPSA) is 71.5 Å². The zero-order chi connectivity index (χ0) is 22.0. The summed E-state index contributed by atoms with van der Waals surface area (Å²) >= 11 is 1.63. The maximum Gasteiger partial charge on any atom is 0.268 e. The lowest BCUT2D eigenvalue weighted by Gasteiger charge is -2.33. The molecule has 0 saturated carbocycles. The van der Waals surface area contributed by atoms with Crippen LogP contribution in [0.25, 0.3) is 11.3 Å². The number of hydrogen-bond donors (Lipinski definition) is 1. The minimum atomic E-state index is -0.653. The second-order valence-electron chi connectivity index (χ2n) is 7.61. The van der Waals surface area contributed by atoms with Crippen molar-refractivity contribution in [1.29, 1.82) is 0 Å². The zero-order valence-corrected chi connectivity index (χ0v) is 18.7. The fourth-order valence-electron chi connectivity index (χ4n) is 3.55. The third kappa shape index (κ3) is 4.46. The molecule has 4 rings (SSSR count). The average molecular weight is 436 g/mol. The summed E-state index contributed by atoms with van der Waals surface area (Å²) in [5.41, 5.74) is 4.05. The Hall–Kier alpha value is -3.19. The van der Waals surface area contributed by atoms with Crippen LogP contribution in [0, 0.1) is 6.92 Å². The summed E-state index contributed by atoms with van der Waals surface area (Å²) in [6.07, 6.45) is 1.33. The summed E-state index contributed by atoms with van der Waals surface area (Å²) in [6.45, 7) is 5.67. The van der Waals surface area contributed by atoms with Crippen LogP contribution >= 0.6 is 11.3 Å². The van der Waals surface area contributed by atoms with Gasteiger partial charge in [0.15, 0.2) is 6.10 Å². The lowest BCUT2D eigenvalue weighted by Crippen LogP contribution is -2.47. The quantitative estimate of drug-likeness (QED) is 0.602. The van der Waals surface area contributed by atoms with E-state index in [2.05, 4.69) is 12.2 Å². The molecular formula is C24H25N3O3S. The highest BCUT2D eigenvalue weighted by Crippen LogP contribution is 2.37. The van der Waals surface area contributed by atoms with Gasteiger partial charge < -0.3 is 10.1 Å². The smallest absolute Gasteiger partial charge is 0.268 e. The standard InChI is InChI=1S/C24H25N3O3S/c1-4-7-23-26-19(14-31-23)17-10-11-21-20(12-17)27(24(29)16(3)30-21)13-22(28)25-18-9-6-5-8-15(18)2/h5-6,8-12,14,16H,4,7,13H2,1-3H3,(H,25,28). The molecule has 0 saturated heterocycles. The van der Waals surface area contributed by atoms with Gasteiger partial charge in [-0.1, -0.05) is 25.1 Å². The third-order valence-corrected chi connectivity index (χ3v) is 6.11. The Balaban J connectivity index is 1.61. The first kappa shape index (κ1) is 21.1. The average Bonchev–Trinajstić information content (AvgIpc) is 3.22. The van der Waals surface area contributed by atoms with Crippen LogP contribution in [0.1, 0.15) is 30.8 Å². The Labute approximate surface area is 185 Å². The van der Waals surface area contributed by atoms with Gasteiger partial charge in [-0.3, -0.25) is 14.5 Å². The lowest BCUT2D eigenvalue weighted by atomic mass is 10.1. The Bertz CT molecular complexity index is 1120. The highest BCUT2D eigenvalue weighted by Gasteiger charge is 2.33. The molecule has 2 heterocycles. The minimum Gasteiger partial charge on any atom is -0.479 e. The number of ether oxygens (including phenoxy) is 1. The molecule has 0 aliphatic carbocycles. The Morgan fingerprint density at radius 3 is 2.84 bits per heavy atom. The number of amides is 2. The van der Waals surface area contributed by atoms with Crippen molar-refractivity contribution in [3.63, 3.8) is 0 Å². The van der Waals surface area contributed by atoms with E-state index in [1.807, 2.05) is 54.8 Å². The number of benzene rings is 2. The number of anilines is 2. The van der Waals surface area contributed by atoms with Gasteiger partial charge in [0.25, 0.3) is 5.91 Å². The van der Waals surface area contributed by atoms with E-state index in [4.69, 9.17) is 9.72 Å². The highest BCUT2D eigenvalue weighted by molar-refractivity contribution is 7.09. The van der Waals surface area contributed by atoms with Crippen molar-refractivity contribution < 1.29 is 14.3 Å². The van der Waals surface area contributed by atoms with Crippen LogP contribution in [0.4, 0.5) is 11.4 Å². The summed E-state index contributed by atoms with van der Waals surface area (Å²) in [5, 5.41) is 6.02. The predicted molar refractivity (Wildman–Crippen MR) is 124 cm³/mol. The fourth-order valence-corrected chi connectivity index (χ4v) is 4.46. The van der Waals surface area contributed by atoms with Crippen LogP contribution in [-0.2, 0) is 16.0 Å². The molecule has 1 aromatic heterocycles. The zero-order valence-electron chi connectivity index (χ0n) is 17.8. The second kappa shape index (κ2) is 8.89. The molecule has 1 N–H and O–H groups in total. The van der Waals surface area contributed by atoms with Gasteiger partial charge in [-0.15, -0.1) is 11.3 Å². The van der Waals surface area contributed by atoms with E-state index in [9.17, 15) is 9.59 Å². The normalized spacial score (nSPS) is 15.4. The van der Waals surface area contributed by atoms with E-state index in [1.165, 1.54) is 4.90 Å². The molecule has 0 spiro atoms. The van der Waals surface area contributed by atoms with Gasteiger partial charge in [0.2, 0.25) is 5.91 Å². The van der Waals surface area contributed by atoms with Crippen LogP contribution in [0.15, 0.2) is 47.8 Å². The Morgan fingerprint density at radius 2 is 2.06 bits per heavy atom. The van der Waals surface area contributed by atoms with Crippen molar-refractivity contribution in [3.05, 3.63) is 58.4 Å². The van der Waals surface area contributed by atoms with Crippen molar-refractivity contribution in [2.45, 2.75) is 39.7 Å². The van der Waals surface area contributed by atoms with Crippen LogP contribution in [0.2, 0.25) is 0 Å². The summed E-state index contributed by atoms with van der Waals surface area (Å²) in [5.74, 6) is 0.0880. The van der Waals surface area contributed by atoms with Crippen molar-refractivity contribution in [2.24, 2.45) is 0 Å². The van der Waals surface area contributed by atoms with Crippen LogP contribution in [0.5, 0.6) is 5.75 Å². The number of nitrogens with one attached hydrogen (secondary N) is 1. The number of rotatable bonds is 6. The second-order valence-corrected chi connectivity index (χ2v) is 8.55. The van der Waals surface area contributed by atoms with Crippen molar-refractivity contribution in [2.75, 3.05) is 16.8 Å². The molecule has 1 atom stereocenters. The van der Waals surface area contributed by atoms with Gasteiger partial charge in [0, 0.05) is 16.6 Å². The molecule has 160 valence electrons. The van der Waals surface area contributed by atoms with Crippen LogP contribution < -0.4 is 15.0 Å². The molecule has 7 heteroatoms. The van der Waals surface area contributed by atoms with Gasteiger partial charge >= 0.3 is 0 Å². The Morgan fingerprint density at radius 1 is 1.26 bits per heavy atom. The largest absolute Gasteiger partial charge is 0.479 e. The third-order valence-electron chi connectivity index (χ3n) is 5.20.